The van der Waals surface area contributed by atoms with E-state index in [9.17, 15) is 0 Å². The molecule has 0 spiro atoms. The SMILES string of the molecule is CCCNC1c2ccccc2CCC1N1CCCCCC1. The van der Waals surface area contributed by atoms with Crippen LogP contribution < -0.4 is 5.32 Å². The average Bonchev–Trinajstić information content (AvgIpc) is 2.81. The summed E-state index contributed by atoms with van der Waals surface area (Å²) in [5.74, 6) is 0. The Morgan fingerprint density at radius 1 is 1.10 bits per heavy atom. The first-order valence-electron chi connectivity index (χ1n) is 8.95. The van der Waals surface area contributed by atoms with Crippen molar-refractivity contribution in [2.75, 3.05) is 19.6 Å². The Kier molecular flexibility index (Phi) is 5.32. The Hall–Kier alpha value is -0.860. The highest BCUT2D eigenvalue weighted by Gasteiger charge is 2.33. The van der Waals surface area contributed by atoms with Crippen LogP contribution in [0.25, 0.3) is 0 Å². The Labute approximate surface area is 129 Å². The number of fused-ring (bicyclic) bond motifs is 1. The minimum atomic E-state index is 0.535. The quantitative estimate of drug-likeness (QED) is 0.902. The second-order valence-corrected chi connectivity index (χ2v) is 6.69. The molecule has 1 heterocycles. The van der Waals surface area contributed by atoms with Gasteiger partial charge in [-0.05, 0) is 62.9 Å². The lowest BCUT2D eigenvalue weighted by Gasteiger charge is -2.41. The fourth-order valence-corrected chi connectivity index (χ4v) is 4.11. The number of nitrogens with one attached hydrogen (secondary N) is 1. The van der Waals surface area contributed by atoms with Crippen molar-refractivity contribution in [1.29, 1.82) is 0 Å². The maximum atomic E-state index is 3.85. The Balaban J connectivity index is 1.81. The summed E-state index contributed by atoms with van der Waals surface area (Å²) < 4.78 is 0. The third kappa shape index (κ3) is 3.49. The van der Waals surface area contributed by atoms with E-state index in [4.69, 9.17) is 0 Å². The normalized spacial score (nSPS) is 27.1. The minimum absolute atomic E-state index is 0.535. The standard InChI is InChI=1S/C19H30N2/c1-2-13-20-19-17-10-6-5-9-16(17)11-12-18(19)21-14-7-3-4-8-15-21/h5-6,9-10,18-20H,2-4,7-8,11-15H2,1H3. The first kappa shape index (κ1) is 15.1. The maximum absolute atomic E-state index is 3.85. The van der Waals surface area contributed by atoms with Crippen molar-refractivity contribution in [3.05, 3.63) is 35.4 Å². The topological polar surface area (TPSA) is 15.3 Å². The maximum Gasteiger partial charge on any atom is 0.0481 e. The molecule has 3 rings (SSSR count). The molecule has 1 saturated heterocycles. The van der Waals surface area contributed by atoms with E-state index >= 15 is 0 Å². The fraction of sp³-hybridized carbons (Fsp3) is 0.684. The molecule has 2 heteroatoms. The minimum Gasteiger partial charge on any atom is -0.309 e. The molecule has 2 aliphatic rings. The second-order valence-electron chi connectivity index (χ2n) is 6.69. The highest BCUT2D eigenvalue weighted by atomic mass is 15.2. The number of hydrogen-bond acceptors (Lipinski definition) is 2. The Morgan fingerprint density at radius 2 is 1.86 bits per heavy atom. The molecule has 1 aromatic carbocycles. The number of hydrogen-bond donors (Lipinski definition) is 1. The van der Waals surface area contributed by atoms with Crippen molar-refractivity contribution in [3.63, 3.8) is 0 Å². The molecule has 0 radical (unpaired) electrons. The van der Waals surface area contributed by atoms with Gasteiger partial charge in [0.15, 0.2) is 0 Å². The number of benzene rings is 1. The molecule has 0 bridgehead atoms. The lowest BCUT2D eigenvalue weighted by atomic mass is 9.83. The Bertz CT molecular complexity index is 435. The van der Waals surface area contributed by atoms with Crippen LogP contribution in [0.5, 0.6) is 0 Å². The summed E-state index contributed by atoms with van der Waals surface area (Å²) in [5, 5.41) is 3.85. The fourth-order valence-electron chi connectivity index (χ4n) is 4.11. The van der Waals surface area contributed by atoms with Gasteiger partial charge in [0.2, 0.25) is 0 Å². The number of nitrogens with zero attached hydrogens (tertiary/aromatic N) is 1. The monoisotopic (exact) mass is 286 g/mol. The number of rotatable bonds is 4. The zero-order chi connectivity index (χ0) is 14.5. The van der Waals surface area contributed by atoms with E-state index in [0.717, 1.165) is 6.54 Å². The van der Waals surface area contributed by atoms with Gasteiger partial charge in [0, 0.05) is 12.1 Å². The molecule has 0 aromatic heterocycles. The van der Waals surface area contributed by atoms with Crippen LogP contribution in [0.3, 0.4) is 0 Å². The molecule has 21 heavy (non-hydrogen) atoms. The average molecular weight is 286 g/mol. The van der Waals surface area contributed by atoms with E-state index in [0.29, 0.717) is 12.1 Å². The van der Waals surface area contributed by atoms with Crippen LogP contribution in [0, 0.1) is 0 Å². The lowest BCUT2D eigenvalue weighted by Crippen LogP contribution is -2.47. The highest BCUT2D eigenvalue weighted by molar-refractivity contribution is 5.34. The second kappa shape index (κ2) is 7.42. The predicted molar refractivity (Wildman–Crippen MR) is 89.6 cm³/mol. The van der Waals surface area contributed by atoms with Gasteiger partial charge in [-0.25, -0.2) is 0 Å². The zero-order valence-corrected chi connectivity index (χ0v) is 13.5. The van der Waals surface area contributed by atoms with Crippen molar-refractivity contribution in [3.8, 4) is 0 Å². The number of aryl methyl sites for hydroxylation is 1. The number of likely N-dealkylation sites (tertiary alicyclic amines) is 1. The molecular formula is C19H30N2. The summed E-state index contributed by atoms with van der Waals surface area (Å²) in [4.78, 5) is 2.79. The van der Waals surface area contributed by atoms with Gasteiger partial charge in [0.25, 0.3) is 0 Å². The van der Waals surface area contributed by atoms with Crippen LogP contribution in [0.15, 0.2) is 24.3 Å². The van der Waals surface area contributed by atoms with Crippen LogP contribution in [0.2, 0.25) is 0 Å². The molecule has 1 N–H and O–H groups in total. The van der Waals surface area contributed by atoms with E-state index in [-0.39, 0.29) is 0 Å². The van der Waals surface area contributed by atoms with Crippen LogP contribution in [-0.4, -0.2) is 30.6 Å². The third-order valence-electron chi connectivity index (χ3n) is 5.21. The molecule has 1 aliphatic carbocycles. The van der Waals surface area contributed by atoms with E-state index in [1.807, 2.05) is 0 Å². The van der Waals surface area contributed by atoms with Gasteiger partial charge in [-0.3, -0.25) is 4.90 Å². The molecule has 2 unspecified atom stereocenters. The molecule has 0 amide bonds. The summed E-state index contributed by atoms with van der Waals surface area (Å²) in [6.07, 6.45) is 9.41. The van der Waals surface area contributed by atoms with Crippen molar-refractivity contribution >= 4 is 0 Å². The van der Waals surface area contributed by atoms with Crippen molar-refractivity contribution < 1.29 is 0 Å². The summed E-state index contributed by atoms with van der Waals surface area (Å²) in [5.41, 5.74) is 3.13. The van der Waals surface area contributed by atoms with Gasteiger partial charge in [-0.2, -0.15) is 0 Å². The summed E-state index contributed by atoms with van der Waals surface area (Å²) in [6.45, 7) is 6.00. The van der Waals surface area contributed by atoms with Gasteiger partial charge in [-0.1, -0.05) is 44.0 Å². The first-order chi connectivity index (χ1) is 10.4. The van der Waals surface area contributed by atoms with Crippen molar-refractivity contribution in [2.24, 2.45) is 0 Å². The van der Waals surface area contributed by atoms with Gasteiger partial charge in [0.1, 0.15) is 0 Å². The van der Waals surface area contributed by atoms with E-state index in [2.05, 4.69) is 41.4 Å². The zero-order valence-electron chi connectivity index (χ0n) is 13.5. The van der Waals surface area contributed by atoms with E-state index < -0.39 is 0 Å². The summed E-state index contributed by atoms with van der Waals surface area (Å²) >= 11 is 0. The lowest BCUT2D eigenvalue weighted by molar-refractivity contribution is 0.145. The predicted octanol–water partition coefficient (Wildman–Crippen LogP) is 3.92. The van der Waals surface area contributed by atoms with Crippen LogP contribution in [0.4, 0.5) is 0 Å². The summed E-state index contributed by atoms with van der Waals surface area (Å²) in [7, 11) is 0. The molecule has 1 aliphatic heterocycles. The molecule has 0 saturated carbocycles. The van der Waals surface area contributed by atoms with Gasteiger partial charge < -0.3 is 5.32 Å². The van der Waals surface area contributed by atoms with E-state index in [1.54, 1.807) is 11.1 Å². The molecule has 1 aromatic rings. The van der Waals surface area contributed by atoms with Crippen LogP contribution in [-0.2, 0) is 6.42 Å². The van der Waals surface area contributed by atoms with Gasteiger partial charge in [-0.15, -0.1) is 0 Å². The smallest absolute Gasteiger partial charge is 0.0481 e. The van der Waals surface area contributed by atoms with Gasteiger partial charge in [0.05, 0.1) is 0 Å². The van der Waals surface area contributed by atoms with Crippen LogP contribution in [0.1, 0.15) is 62.6 Å². The van der Waals surface area contributed by atoms with Crippen molar-refractivity contribution in [1.82, 2.24) is 10.2 Å². The largest absolute Gasteiger partial charge is 0.309 e. The van der Waals surface area contributed by atoms with Gasteiger partial charge >= 0.3 is 0 Å². The Morgan fingerprint density at radius 3 is 2.62 bits per heavy atom. The van der Waals surface area contributed by atoms with E-state index in [1.165, 1.54) is 58.0 Å². The molecule has 116 valence electrons. The first-order valence-corrected chi connectivity index (χ1v) is 8.95. The van der Waals surface area contributed by atoms with Crippen LogP contribution >= 0.6 is 0 Å². The highest BCUT2D eigenvalue weighted by Crippen LogP contribution is 2.34. The third-order valence-corrected chi connectivity index (χ3v) is 5.21. The van der Waals surface area contributed by atoms with Crippen molar-refractivity contribution in [2.45, 2.75) is 64.0 Å². The molecule has 2 atom stereocenters. The summed E-state index contributed by atoms with van der Waals surface area (Å²) in [6, 6.07) is 10.3. The molecule has 1 fully saturated rings. The molecular weight excluding hydrogens is 256 g/mol. The molecule has 2 nitrogen and oxygen atoms in total.